The molecule has 108 valence electrons. The number of rotatable bonds is 3. The van der Waals surface area contributed by atoms with E-state index in [0.29, 0.717) is 5.92 Å². The van der Waals surface area contributed by atoms with Crippen molar-refractivity contribution in [3.63, 3.8) is 0 Å². The average molecular weight is 279 g/mol. The lowest BCUT2D eigenvalue weighted by Gasteiger charge is -2.06. The maximum absolute atomic E-state index is 6.22. The number of anilines is 1. The third kappa shape index (κ3) is 2.64. The van der Waals surface area contributed by atoms with Gasteiger partial charge in [0.2, 0.25) is 0 Å². The number of nitrogens with two attached hydrogens (primary N) is 1. The molecule has 2 aromatic heterocycles. The Morgan fingerprint density at radius 1 is 1.14 bits per heavy atom. The number of aryl methyl sites for hydroxylation is 1. The number of hydrogen-bond acceptors (Lipinski definition) is 2. The molecule has 0 saturated carbocycles. The molecule has 0 fully saturated rings. The van der Waals surface area contributed by atoms with Crippen LogP contribution < -0.4 is 5.73 Å². The minimum Gasteiger partial charge on any atom is -0.383 e. The van der Waals surface area contributed by atoms with Crippen LogP contribution in [0, 0.1) is 6.92 Å². The molecular formula is C18H21N3. The Hall–Kier alpha value is -2.29. The number of aromatic nitrogens is 2. The van der Waals surface area contributed by atoms with Gasteiger partial charge in [0.25, 0.3) is 0 Å². The summed E-state index contributed by atoms with van der Waals surface area (Å²) < 4.78 is 1.95. The number of imidazole rings is 1. The van der Waals surface area contributed by atoms with Gasteiger partial charge < -0.3 is 5.73 Å². The zero-order chi connectivity index (χ0) is 15.0. The van der Waals surface area contributed by atoms with Crippen molar-refractivity contribution >= 4 is 11.5 Å². The van der Waals surface area contributed by atoms with E-state index in [4.69, 9.17) is 5.73 Å². The Bertz CT molecular complexity index is 767. The number of benzene rings is 1. The summed E-state index contributed by atoms with van der Waals surface area (Å²) in [7, 11) is 0. The Kier molecular flexibility index (Phi) is 3.42. The van der Waals surface area contributed by atoms with E-state index in [-0.39, 0.29) is 0 Å². The summed E-state index contributed by atoms with van der Waals surface area (Å²) in [5.41, 5.74) is 11.9. The highest BCUT2D eigenvalue weighted by molar-refractivity contribution is 5.54. The standard InChI is InChI=1S/C18H21N3/c1-12(2)15-6-4-14(5-7-15)11-16-18(19)21-9-8-13(3)10-17(21)20-16/h4-10,12H,11,19H2,1-3H3. The summed E-state index contributed by atoms with van der Waals surface area (Å²) in [6.45, 7) is 6.48. The molecule has 0 atom stereocenters. The zero-order valence-electron chi connectivity index (χ0n) is 12.8. The summed E-state index contributed by atoms with van der Waals surface area (Å²) in [5, 5.41) is 0. The summed E-state index contributed by atoms with van der Waals surface area (Å²) in [5.74, 6) is 1.29. The first-order chi connectivity index (χ1) is 10.0. The first kappa shape index (κ1) is 13.7. The summed E-state index contributed by atoms with van der Waals surface area (Å²) in [4.78, 5) is 4.66. The van der Waals surface area contributed by atoms with Crippen molar-refractivity contribution in [1.29, 1.82) is 0 Å². The Balaban J connectivity index is 1.92. The lowest BCUT2D eigenvalue weighted by atomic mass is 10.0. The fourth-order valence-electron chi connectivity index (χ4n) is 2.56. The van der Waals surface area contributed by atoms with Crippen molar-refractivity contribution in [2.75, 3.05) is 5.73 Å². The summed E-state index contributed by atoms with van der Waals surface area (Å²) in [6, 6.07) is 12.8. The molecule has 3 nitrogen and oxygen atoms in total. The van der Waals surface area contributed by atoms with Gasteiger partial charge in [-0.2, -0.15) is 0 Å². The van der Waals surface area contributed by atoms with Crippen LogP contribution in [0.3, 0.4) is 0 Å². The quantitative estimate of drug-likeness (QED) is 0.789. The van der Waals surface area contributed by atoms with Crippen molar-refractivity contribution < 1.29 is 0 Å². The molecule has 2 N–H and O–H groups in total. The maximum Gasteiger partial charge on any atom is 0.138 e. The van der Waals surface area contributed by atoms with Gasteiger partial charge in [0.15, 0.2) is 0 Å². The first-order valence-electron chi connectivity index (χ1n) is 7.36. The first-order valence-corrected chi connectivity index (χ1v) is 7.36. The van der Waals surface area contributed by atoms with E-state index in [1.165, 1.54) is 16.7 Å². The smallest absolute Gasteiger partial charge is 0.138 e. The monoisotopic (exact) mass is 279 g/mol. The lowest BCUT2D eigenvalue weighted by molar-refractivity contribution is 0.865. The number of hydrogen-bond donors (Lipinski definition) is 1. The summed E-state index contributed by atoms with van der Waals surface area (Å²) in [6.07, 6.45) is 2.75. The number of fused-ring (bicyclic) bond motifs is 1. The van der Waals surface area contributed by atoms with Crippen molar-refractivity contribution in [1.82, 2.24) is 9.38 Å². The molecule has 0 aliphatic rings. The van der Waals surface area contributed by atoms with Gasteiger partial charge in [0.05, 0.1) is 5.69 Å². The molecule has 3 rings (SSSR count). The molecule has 21 heavy (non-hydrogen) atoms. The zero-order valence-corrected chi connectivity index (χ0v) is 12.8. The highest BCUT2D eigenvalue weighted by Crippen LogP contribution is 2.21. The lowest BCUT2D eigenvalue weighted by Crippen LogP contribution is -1.98. The van der Waals surface area contributed by atoms with Crippen LogP contribution in [0.2, 0.25) is 0 Å². The summed E-state index contributed by atoms with van der Waals surface area (Å²) >= 11 is 0. The van der Waals surface area contributed by atoms with Crippen LogP contribution in [-0.4, -0.2) is 9.38 Å². The van der Waals surface area contributed by atoms with Gasteiger partial charge in [0.1, 0.15) is 11.5 Å². The molecule has 0 spiro atoms. The molecule has 0 aliphatic heterocycles. The molecule has 2 heterocycles. The van der Waals surface area contributed by atoms with Crippen molar-refractivity contribution in [2.45, 2.75) is 33.1 Å². The van der Waals surface area contributed by atoms with Gasteiger partial charge in [-0.25, -0.2) is 4.98 Å². The highest BCUT2D eigenvalue weighted by Gasteiger charge is 2.10. The molecule has 0 saturated heterocycles. The predicted octanol–water partition coefficient (Wildman–Crippen LogP) is 3.94. The molecule has 0 aliphatic carbocycles. The normalized spacial score (nSPS) is 11.4. The van der Waals surface area contributed by atoms with Crippen LogP contribution in [0.5, 0.6) is 0 Å². The average Bonchev–Trinajstić information content (AvgIpc) is 2.75. The molecule has 0 unspecified atom stereocenters. The van der Waals surface area contributed by atoms with Crippen LogP contribution in [0.1, 0.15) is 42.1 Å². The second-order valence-corrected chi connectivity index (χ2v) is 5.95. The van der Waals surface area contributed by atoms with Gasteiger partial charge >= 0.3 is 0 Å². The van der Waals surface area contributed by atoms with Gasteiger partial charge in [-0.1, -0.05) is 38.1 Å². The van der Waals surface area contributed by atoms with Gasteiger partial charge in [-0.05, 0) is 41.7 Å². The van der Waals surface area contributed by atoms with Crippen LogP contribution in [0.4, 0.5) is 5.82 Å². The third-order valence-corrected chi connectivity index (χ3v) is 3.91. The van der Waals surface area contributed by atoms with Crippen molar-refractivity contribution in [2.24, 2.45) is 0 Å². The van der Waals surface area contributed by atoms with E-state index in [1.54, 1.807) is 0 Å². The van der Waals surface area contributed by atoms with Gasteiger partial charge in [-0.3, -0.25) is 4.40 Å². The van der Waals surface area contributed by atoms with E-state index in [9.17, 15) is 0 Å². The van der Waals surface area contributed by atoms with Crippen LogP contribution in [0.15, 0.2) is 42.6 Å². The van der Waals surface area contributed by atoms with Crippen LogP contribution in [-0.2, 0) is 6.42 Å². The van der Waals surface area contributed by atoms with Gasteiger partial charge in [0, 0.05) is 12.6 Å². The largest absolute Gasteiger partial charge is 0.383 e. The van der Waals surface area contributed by atoms with Crippen molar-refractivity contribution in [3.05, 3.63) is 65.0 Å². The topological polar surface area (TPSA) is 43.3 Å². The number of nitrogens with zero attached hydrogens (tertiary/aromatic N) is 2. The van der Waals surface area contributed by atoms with E-state index in [2.05, 4.69) is 56.1 Å². The number of nitrogen functional groups attached to an aromatic ring is 1. The van der Waals surface area contributed by atoms with E-state index >= 15 is 0 Å². The number of pyridine rings is 1. The Morgan fingerprint density at radius 3 is 2.52 bits per heavy atom. The molecule has 1 aromatic carbocycles. The van der Waals surface area contributed by atoms with E-state index in [0.717, 1.165) is 23.6 Å². The second kappa shape index (κ2) is 5.24. The molecular weight excluding hydrogens is 258 g/mol. The fourth-order valence-corrected chi connectivity index (χ4v) is 2.56. The highest BCUT2D eigenvalue weighted by atomic mass is 15.1. The van der Waals surface area contributed by atoms with Crippen LogP contribution >= 0.6 is 0 Å². The predicted molar refractivity (Wildman–Crippen MR) is 87.7 cm³/mol. The Labute approximate surface area is 125 Å². The minimum absolute atomic E-state index is 0.558. The Morgan fingerprint density at radius 2 is 1.86 bits per heavy atom. The second-order valence-electron chi connectivity index (χ2n) is 5.95. The molecule has 0 bridgehead atoms. The van der Waals surface area contributed by atoms with E-state index in [1.807, 2.05) is 16.7 Å². The van der Waals surface area contributed by atoms with Gasteiger partial charge in [-0.15, -0.1) is 0 Å². The van der Waals surface area contributed by atoms with Crippen LogP contribution in [0.25, 0.3) is 5.65 Å². The van der Waals surface area contributed by atoms with Crippen molar-refractivity contribution in [3.8, 4) is 0 Å². The molecule has 0 amide bonds. The SMILES string of the molecule is Cc1ccn2c(N)c(Cc3ccc(C(C)C)cc3)nc2c1. The minimum atomic E-state index is 0.558. The molecule has 0 radical (unpaired) electrons. The fraction of sp³-hybridized carbons (Fsp3) is 0.278. The maximum atomic E-state index is 6.22. The third-order valence-electron chi connectivity index (χ3n) is 3.91. The van der Waals surface area contributed by atoms with E-state index < -0.39 is 0 Å². The molecule has 3 heteroatoms. The molecule has 3 aromatic rings.